The lowest BCUT2D eigenvalue weighted by molar-refractivity contribution is -0.274. The number of carbonyl (C=O) groups excluding carboxylic acids is 2. The van der Waals surface area contributed by atoms with Crippen molar-refractivity contribution in [3.63, 3.8) is 0 Å². The number of rotatable bonds is 8. The third kappa shape index (κ3) is 7.12. The van der Waals surface area contributed by atoms with Gasteiger partial charge in [0.2, 0.25) is 0 Å². The quantitative estimate of drug-likeness (QED) is 0.195. The molecule has 1 amide bonds. The van der Waals surface area contributed by atoms with Crippen LogP contribution in [-0.2, 0) is 6.54 Å². The molecule has 0 aliphatic rings. The minimum absolute atomic E-state index is 0.0602. The molecule has 0 heterocycles. The van der Waals surface area contributed by atoms with Crippen LogP contribution in [0.15, 0.2) is 59.6 Å². The van der Waals surface area contributed by atoms with E-state index >= 15 is 0 Å². The van der Waals surface area contributed by atoms with Gasteiger partial charge in [0.05, 0.1) is 33.3 Å². The van der Waals surface area contributed by atoms with Crippen LogP contribution in [0.25, 0.3) is 0 Å². The average molecular weight is 540 g/mol. The lowest BCUT2D eigenvalue weighted by Gasteiger charge is -2.15. The van der Waals surface area contributed by atoms with E-state index in [-0.39, 0.29) is 50.6 Å². The van der Waals surface area contributed by atoms with Crippen LogP contribution in [0, 0.1) is 0 Å². The molecule has 3 aromatic rings. The highest BCUT2D eigenvalue weighted by Gasteiger charge is 2.31. The number of halogens is 5. The summed E-state index contributed by atoms with van der Waals surface area (Å²) in [6.07, 6.45) is -2.87. The highest BCUT2D eigenvalue weighted by molar-refractivity contribution is 6.37. The zero-order chi connectivity index (χ0) is 26.5. The van der Waals surface area contributed by atoms with Crippen molar-refractivity contribution in [2.24, 2.45) is 4.99 Å². The van der Waals surface area contributed by atoms with Crippen molar-refractivity contribution >= 4 is 53.1 Å². The second-order valence-corrected chi connectivity index (χ2v) is 8.27. The van der Waals surface area contributed by atoms with Crippen LogP contribution in [0.5, 0.6) is 11.5 Å². The Hall–Kier alpha value is -3.76. The van der Waals surface area contributed by atoms with E-state index in [1.807, 2.05) is 0 Å². The van der Waals surface area contributed by atoms with Crippen LogP contribution in [0.1, 0.15) is 26.3 Å². The van der Waals surface area contributed by atoms with Crippen molar-refractivity contribution in [1.29, 1.82) is 0 Å². The number of hydrogen-bond donors (Lipinski definition) is 2. The summed E-state index contributed by atoms with van der Waals surface area (Å²) < 4.78 is 41.3. The third-order valence-corrected chi connectivity index (χ3v) is 5.26. The molecule has 0 saturated heterocycles. The average Bonchev–Trinajstić information content (AvgIpc) is 2.80. The fourth-order valence-electron chi connectivity index (χ4n) is 3.12. The summed E-state index contributed by atoms with van der Waals surface area (Å²) in [5.74, 6) is -1.32. The number of carbonyl (C=O) groups is 2. The van der Waals surface area contributed by atoms with Crippen molar-refractivity contribution in [2.45, 2.75) is 12.9 Å². The number of benzene rings is 3. The van der Waals surface area contributed by atoms with Crippen molar-refractivity contribution in [2.75, 3.05) is 12.4 Å². The number of amides is 1. The van der Waals surface area contributed by atoms with E-state index in [9.17, 15) is 27.9 Å². The van der Waals surface area contributed by atoms with Crippen LogP contribution in [0.4, 0.5) is 24.5 Å². The fraction of sp³-hybridized carbons (Fsp3) is 0.125. The number of alkyl halides is 3. The minimum atomic E-state index is -4.79. The van der Waals surface area contributed by atoms with E-state index < -0.39 is 12.3 Å². The molecule has 12 heteroatoms. The number of ether oxygens (including phenoxy) is 1. The van der Waals surface area contributed by atoms with Crippen LogP contribution in [0.3, 0.4) is 0 Å². The predicted molar refractivity (Wildman–Crippen MR) is 131 cm³/mol. The summed E-state index contributed by atoms with van der Waals surface area (Å²) in [6, 6.07) is 12.6. The molecule has 2 N–H and O–H groups in total. The van der Waals surface area contributed by atoms with Gasteiger partial charge in [-0.1, -0.05) is 41.4 Å². The van der Waals surface area contributed by atoms with Gasteiger partial charge in [0.25, 0.3) is 5.91 Å². The molecule has 0 atom stereocenters. The van der Waals surface area contributed by atoms with Crippen LogP contribution >= 0.6 is 23.2 Å². The summed E-state index contributed by atoms with van der Waals surface area (Å²) >= 11 is 11.7. The largest absolute Gasteiger partial charge is 0.573 e. The Balaban J connectivity index is 1.75. The van der Waals surface area contributed by atoms with Crippen molar-refractivity contribution in [3.05, 3.63) is 81.3 Å². The Kier molecular flexibility index (Phi) is 8.44. The normalized spacial score (nSPS) is 11.4. The van der Waals surface area contributed by atoms with Gasteiger partial charge in [0.15, 0.2) is 12.0 Å². The van der Waals surface area contributed by atoms with Gasteiger partial charge in [-0.15, -0.1) is 13.2 Å². The van der Waals surface area contributed by atoms with E-state index in [0.717, 1.165) is 0 Å². The Morgan fingerprint density at radius 2 is 1.81 bits per heavy atom. The first kappa shape index (κ1) is 26.8. The maximum Gasteiger partial charge on any atom is 0.573 e. The summed E-state index contributed by atoms with van der Waals surface area (Å²) in [5.41, 5.74) is 1.10. The summed E-state index contributed by atoms with van der Waals surface area (Å²) in [5, 5.41) is 12.0. The number of nitrogens with zero attached hydrogens (tertiary/aromatic N) is 2. The molecular formula is C24H18Cl2F3N3O4. The highest BCUT2D eigenvalue weighted by Crippen LogP contribution is 2.33. The van der Waals surface area contributed by atoms with E-state index in [1.54, 1.807) is 30.1 Å². The van der Waals surface area contributed by atoms with Gasteiger partial charge in [0.1, 0.15) is 5.75 Å². The standard InChI is InChI=1S/C24H18Cl2F3N3O4/c1-32(11-14-4-2-5-16(8-14)36-24(27,28)29)13-30-20-6-3-7-21(17(20)12-33)31-23(35)15-9-18(25)22(34)19(26)10-15/h2-10,12-13,34H,11H2,1H3,(H,31,35). The molecule has 0 fully saturated rings. The van der Waals surface area contributed by atoms with E-state index in [2.05, 4.69) is 15.0 Å². The van der Waals surface area contributed by atoms with Crippen LogP contribution < -0.4 is 10.1 Å². The first-order chi connectivity index (χ1) is 17.0. The van der Waals surface area contributed by atoms with Crippen molar-refractivity contribution < 1.29 is 32.6 Å². The molecule has 0 aliphatic carbocycles. The van der Waals surface area contributed by atoms with Gasteiger partial charge in [-0.2, -0.15) is 0 Å². The molecule has 7 nitrogen and oxygen atoms in total. The van der Waals surface area contributed by atoms with Gasteiger partial charge >= 0.3 is 6.36 Å². The molecular weight excluding hydrogens is 522 g/mol. The van der Waals surface area contributed by atoms with Crippen LogP contribution in [0.2, 0.25) is 10.0 Å². The maximum atomic E-state index is 12.6. The molecule has 3 aromatic carbocycles. The predicted octanol–water partition coefficient (Wildman–Crippen LogP) is 6.45. The smallest absolute Gasteiger partial charge is 0.505 e. The lowest BCUT2D eigenvalue weighted by Crippen LogP contribution is -2.18. The number of aromatic hydroxyl groups is 1. The SMILES string of the molecule is CN(C=Nc1cccc(NC(=O)c2cc(Cl)c(O)c(Cl)c2)c1C=O)Cc1cccc(OC(F)(F)F)c1. The van der Waals surface area contributed by atoms with E-state index in [0.29, 0.717) is 11.8 Å². The monoisotopic (exact) mass is 539 g/mol. The molecule has 0 radical (unpaired) electrons. The van der Waals surface area contributed by atoms with Gasteiger partial charge in [-0.25, -0.2) is 4.99 Å². The number of anilines is 1. The second kappa shape index (κ2) is 11.3. The molecule has 0 aromatic heterocycles. The molecule has 3 rings (SSSR count). The van der Waals surface area contributed by atoms with Gasteiger partial charge < -0.3 is 20.1 Å². The Morgan fingerprint density at radius 1 is 1.14 bits per heavy atom. The number of aliphatic imine (C=N–C) groups is 1. The topological polar surface area (TPSA) is 91.2 Å². The Bertz CT molecular complexity index is 1290. The summed E-state index contributed by atoms with van der Waals surface area (Å²) in [6.45, 7) is 0.202. The third-order valence-electron chi connectivity index (χ3n) is 4.69. The number of phenolic OH excluding ortho intramolecular Hbond substituents is 1. The highest BCUT2D eigenvalue weighted by atomic mass is 35.5. The zero-order valence-electron chi connectivity index (χ0n) is 18.5. The number of hydrogen-bond acceptors (Lipinski definition) is 5. The Labute approximate surface area is 213 Å². The maximum absolute atomic E-state index is 12.6. The molecule has 0 bridgehead atoms. The van der Waals surface area contributed by atoms with E-state index in [1.165, 1.54) is 42.7 Å². The first-order valence-electron chi connectivity index (χ1n) is 10.1. The van der Waals surface area contributed by atoms with Crippen molar-refractivity contribution in [1.82, 2.24) is 4.90 Å². The number of nitrogens with one attached hydrogen (secondary N) is 1. The molecule has 188 valence electrons. The fourth-order valence-corrected chi connectivity index (χ4v) is 3.61. The first-order valence-corrected chi connectivity index (χ1v) is 10.9. The summed E-state index contributed by atoms with van der Waals surface area (Å²) in [4.78, 5) is 30.3. The van der Waals surface area contributed by atoms with Crippen LogP contribution in [-0.4, -0.2) is 41.9 Å². The molecule has 0 aliphatic heterocycles. The van der Waals surface area contributed by atoms with Crippen molar-refractivity contribution in [3.8, 4) is 11.5 Å². The van der Waals surface area contributed by atoms with Gasteiger partial charge in [-0.3, -0.25) is 9.59 Å². The molecule has 0 saturated carbocycles. The molecule has 36 heavy (non-hydrogen) atoms. The number of phenols is 1. The van der Waals surface area contributed by atoms with Gasteiger partial charge in [0, 0.05) is 19.2 Å². The second-order valence-electron chi connectivity index (χ2n) is 7.45. The van der Waals surface area contributed by atoms with Gasteiger partial charge in [-0.05, 0) is 42.0 Å². The number of aldehydes is 1. The molecule has 0 unspecified atom stereocenters. The Morgan fingerprint density at radius 3 is 2.44 bits per heavy atom. The zero-order valence-corrected chi connectivity index (χ0v) is 20.0. The lowest BCUT2D eigenvalue weighted by atomic mass is 10.1. The molecule has 0 spiro atoms. The van der Waals surface area contributed by atoms with E-state index in [4.69, 9.17) is 23.2 Å². The minimum Gasteiger partial charge on any atom is -0.505 e. The summed E-state index contributed by atoms with van der Waals surface area (Å²) in [7, 11) is 1.64.